The number of amides is 1. The summed E-state index contributed by atoms with van der Waals surface area (Å²) in [6.07, 6.45) is -1.97. The van der Waals surface area contributed by atoms with Crippen molar-refractivity contribution in [3.05, 3.63) is 54.2 Å². The molecule has 1 fully saturated rings. The molecule has 0 bridgehead atoms. The highest BCUT2D eigenvalue weighted by Gasteiger charge is 2.47. The van der Waals surface area contributed by atoms with Gasteiger partial charge in [0, 0.05) is 31.8 Å². The van der Waals surface area contributed by atoms with Crippen molar-refractivity contribution in [2.24, 2.45) is 13.0 Å². The molecule has 0 unspecified atom stereocenters. The van der Waals surface area contributed by atoms with Crippen LogP contribution in [0.15, 0.2) is 42.9 Å². The maximum absolute atomic E-state index is 14.6. The summed E-state index contributed by atoms with van der Waals surface area (Å²) in [7, 11) is 3.13. The van der Waals surface area contributed by atoms with Crippen molar-refractivity contribution >= 4 is 11.7 Å². The predicted octanol–water partition coefficient (Wildman–Crippen LogP) is 4.50. The number of halogens is 5. The Hall–Kier alpha value is -3.77. The zero-order chi connectivity index (χ0) is 27.0. The van der Waals surface area contributed by atoms with E-state index in [0.717, 1.165) is 11.1 Å². The summed E-state index contributed by atoms with van der Waals surface area (Å²) < 4.78 is 74.2. The first-order valence-electron chi connectivity index (χ1n) is 11.4. The molecule has 0 saturated carbocycles. The Bertz CT molecular complexity index is 1260. The average Bonchev–Trinajstić information content (AvgIpc) is 3.23. The Labute approximate surface area is 209 Å². The molecule has 8 nitrogen and oxygen atoms in total. The van der Waals surface area contributed by atoms with Gasteiger partial charge in [-0.25, -0.2) is 18.7 Å². The van der Waals surface area contributed by atoms with Gasteiger partial charge in [-0.1, -0.05) is 19.1 Å². The molecular weight excluding hydrogens is 499 g/mol. The highest BCUT2D eigenvalue weighted by atomic mass is 19.4. The number of alkyl halides is 5. The van der Waals surface area contributed by atoms with Crippen LogP contribution in [0.4, 0.5) is 27.8 Å². The van der Waals surface area contributed by atoms with Crippen LogP contribution in [-0.2, 0) is 13.2 Å². The number of aryl methyl sites for hydroxylation is 1. The molecule has 198 valence electrons. The lowest BCUT2D eigenvalue weighted by Gasteiger charge is -2.43. The van der Waals surface area contributed by atoms with E-state index >= 15 is 0 Å². The number of benzene rings is 1. The lowest BCUT2D eigenvalue weighted by molar-refractivity contribution is -0.141. The third kappa shape index (κ3) is 5.81. The number of anilines is 1. The van der Waals surface area contributed by atoms with Crippen LogP contribution in [0.2, 0.25) is 0 Å². The Balaban J connectivity index is 1.62. The molecule has 1 aromatic carbocycles. The fourth-order valence-electron chi connectivity index (χ4n) is 4.44. The number of piperidine rings is 1. The van der Waals surface area contributed by atoms with Crippen molar-refractivity contribution in [3.63, 3.8) is 0 Å². The van der Waals surface area contributed by atoms with Gasteiger partial charge < -0.3 is 15.0 Å². The normalized spacial score (nSPS) is 19.5. The maximum Gasteiger partial charge on any atom is 0.434 e. The second-order valence-electron chi connectivity index (χ2n) is 9.00. The van der Waals surface area contributed by atoms with Crippen molar-refractivity contribution in [3.8, 4) is 16.9 Å². The van der Waals surface area contributed by atoms with E-state index in [1.54, 1.807) is 44.4 Å². The number of hydrogen-bond acceptors (Lipinski definition) is 6. The van der Waals surface area contributed by atoms with Crippen LogP contribution in [-0.4, -0.2) is 62.7 Å². The van der Waals surface area contributed by atoms with Gasteiger partial charge in [-0.15, -0.1) is 0 Å². The summed E-state index contributed by atoms with van der Waals surface area (Å²) in [5.74, 6) is -3.86. The molecule has 1 aliphatic heterocycles. The first-order chi connectivity index (χ1) is 17.4. The summed E-state index contributed by atoms with van der Waals surface area (Å²) in [5, 5.41) is 7.10. The van der Waals surface area contributed by atoms with Gasteiger partial charge in [-0.05, 0) is 23.6 Å². The molecule has 13 heteroatoms. The Morgan fingerprint density at radius 1 is 1.24 bits per heavy atom. The molecule has 1 saturated heterocycles. The Morgan fingerprint density at radius 2 is 2.00 bits per heavy atom. The predicted molar refractivity (Wildman–Crippen MR) is 124 cm³/mol. The summed E-state index contributed by atoms with van der Waals surface area (Å²) in [5.41, 5.74) is -0.0729. The number of likely N-dealkylation sites (tertiary alicyclic amines) is 1. The van der Waals surface area contributed by atoms with E-state index in [1.165, 1.54) is 11.8 Å². The van der Waals surface area contributed by atoms with Crippen LogP contribution in [0.1, 0.15) is 29.5 Å². The molecule has 4 rings (SSSR count). The average molecular weight is 524 g/mol. The van der Waals surface area contributed by atoms with Crippen molar-refractivity contribution in [1.82, 2.24) is 24.6 Å². The molecule has 0 radical (unpaired) electrons. The topological polar surface area (TPSA) is 85.2 Å². The Kier molecular flexibility index (Phi) is 7.07. The molecule has 1 N–H and O–H groups in total. The van der Waals surface area contributed by atoms with E-state index in [0.29, 0.717) is 23.1 Å². The third-order valence-corrected chi connectivity index (χ3v) is 6.19. The minimum Gasteiger partial charge on any atom is -0.497 e. The van der Waals surface area contributed by atoms with Crippen molar-refractivity contribution in [2.45, 2.75) is 31.5 Å². The van der Waals surface area contributed by atoms with Crippen LogP contribution in [0.25, 0.3) is 11.1 Å². The highest BCUT2D eigenvalue weighted by molar-refractivity contribution is 5.99. The number of aromatic nitrogens is 4. The molecule has 2 aromatic heterocycles. The number of carbonyl (C=O) groups is 1. The lowest BCUT2D eigenvalue weighted by Crippen LogP contribution is -2.57. The van der Waals surface area contributed by atoms with E-state index in [-0.39, 0.29) is 18.1 Å². The van der Waals surface area contributed by atoms with Gasteiger partial charge in [-0.2, -0.15) is 18.3 Å². The quantitative estimate of drug-likeness (QED) is 0.478. The number of carbonyl (C=O) groups excluding carboxylic acids is 1. The van der Waals surface area contributed by atoms with Gasteiger partial charge in [-0.3, -0.25) is 9.48 Å². The molecule has 0 spiro atoms. The molecule has 3 aromatic rings. The third-order valence-electron chi connectivity index (χ3n) is 6.19. The molecule has 1 aliphatic rings. The molecule has 1 amide bonds. The number of ether oxygens (including phenoxy) is 1. The minimum atomic E-state index is -4.64. The van der Waals surface area contributed by atoms with E-state index in [9.17, 15) is 26.7 Å². The van der Waals surface area contributed by atoms with Gasteiger partial charge in [0.15, 0.2) is 11.4 Å². The number of hydrogen-bond donors (Lipinski definition) is 1. The number of nitrogens with one attached hydrogen (secondary N) is 1. The van der Waals surface area contributed by atoms with Crippen LogP contribution < -0.4 is 10.1 Å². The zero-order valence-corrected chi connectivity index (χ0v) is 20.3. The molecular formula is C24H25F5N6O2. The summed E-state index contributed by atoms with van der Waals surface area (Å²) in [6.45, 7) is 0.749. The standard InChI is InChI=1S/C24H25F5N6O2/c1-14-8-23(25,26)13-35(18(14)9-31-20-11-30-19(10-32-20)24(27,28)29)22(36)21-17(12-34(2)33-21)15-5-4-6-16(7-15)37-3/h4-7,10-12,14,18H,8-9,13H2,1-3H3,(H,31,32)/t14-,18-/m1/s1. The number of methoxy groups -OCH3 is 1. The summed E-state index contributed by atoms with van der Waals surface area (Å²) in [6, 6.07) is 6.23. The van der Waals surface area contributed by atoms with Crippen LogP contribution in [0.5, 0.6) is 5.75 Å². The van der Waals surface area contributed by atoms with Gasteiger partial charge in [0.1, 0.15) is 11.6 Å². The molecule has 2 atom stereocenters. The van der Waals surface area contributed by atoms with E-state index in [2.05, 4.69) is 20.4 Å². The first kappa shape index (κ1) is 26.3. The van der Waals surface area contributed by atoms with Crippen LogP contribution in [0, 0.1) is 5.92 Å². The van der Waals surface area contributed by atoms with Crippen LogP contribution >= 0.6 is 0 Å². The molecule has 0 aliphatic carbocycles. The van der Waals surface area contributed by atoms with Crippen molar-refractivity contribution in [1.29, 1.82) is 0 Å². The lowest BCUT2D eigenvalue weighted by atomic mass is 9.88. The molecule has 37 heavy (non-hydrogen) atoms. The Morgan fingerprint density at radius 3 is 2.65 bits per heavy atom. The first-order valence-corrected chi connectivity index (χ1v) is 11.4. The number of nitrogens with zero attached hydrogens (tertiary/aromatic N) is 5. The van der Waals surface area contributed by atoms with Gasteiger partial charge >= 0.3 is 6.18 Å². The van der Waals surface area contributed by atoms with Gasteiger partial charge in [0.05, 0.1) is 32.1 Å². The second kappa shape index (κ2) is 9.94. The van der Waals surface area contributed by atoms with E-state index < -0.39 is 48.6 Å². The fourth-order valence-corrected chi connectivity index (χ4v) is 4.44. The molecule has 3 heterocycles. The highest BCUT2D eigenvalue weighted by Crippen LogP contribution is 2.36. The van der Waals surface area contributed by atoms with E-state index in [1.807, 2.05) is 0 Å². The SMILES string of the molecule is COc1cccc(-c2cn(C)nc2C(=O)N2CC(F)(F)C[C@@H](C)[C@H]2CNc2cnc(C(F)(F)F)cn2)c1. The summed E-state index contributed by atoms with van der Waals surface area (Å²) >= 11 is 0. The smallest absolute Gasteiger partial charge is 0.434 e. The largest absolute Gasteiger partial charge is 0.497 e. The van der Waals surface area contributed by atoms with E-state index in [4.69, 9.17) is 4.74 Å². The van der Waals surface area contributed by atoms with Gasteiger partial charge in [0.25, 0.3) is 11.8 Å². The van der Waals surface area contributed by atoms with Gasteiger partial charge in [0.2, 0.25) is 0 Å². The number of rotatable bonds is 6. The maximum atomic E-state index is 14.6. The van der Waals surface area contributed by atoms with Crippen LogP contribution in [0.3, 0.4) is 0 Å². The van der Waals surface area contributed by atoms with Crippen molar-refractivity contribution < 1.29 is 31.5 Å². The second-order valence-corrected chi connectivity index (χ2v) is 9.00. The summed E-state index contributed by atoms with van der Waals surface area (Å²) in [4.78, 5) is 21.8. The zero-order valence-electron chi connectivity index (χ0n) is 20.3. The fraction of sp³-hybridized carbons (Fsp3) is 0.417. The monoisotopic (exact) mass is 524 g/mol. The minimum absolute atomic E-state index is 0.0000233. The van der Waals surface area contributed by atoms with Crippen molar-refractivity contribution in [2.75, 3.05) is 25.5 Å².